The Balaban J connectivity index is 3.49. The van der Waals surface area contributed by atoms with Crippen molar-refractivity contribution in [2.75, 3.05) is 0 Å². The van der Waals surface area contributed by atoms with Crippen LogP contribution in [0.15, 0.2) is 19.5 Å². The quantitative estimate of drug-likeness (QED) is 0.234. The SMILES string of the molecule is Clc1c(C(Cl)(Cl)Cl)cc(Br)c(Br)c1Br. The van der Waals surface area contributed by atoms with E-state index in [0.29, 0.717) is 15.1 Å². The third-order valence-corrected chi connectivity index (χ3v) is 5.95. The molecule has 0 aromatic heterocycles. The van der Waals surface area contributed by atoms with Gasteiger partial charge in [0.2, 0.25) is 3.79 Å². The van der Waals surface area contributed by atoms with Gasteiger partial charge >= 0.3 is 0 Å². The number of benzene rings is 1. The van der Waals surface area contributed by atoms with Gasteiger partial charge in [0.25, 0.3) is 0 Å². The molecule has 1 aromatic rings. The van der Waals surface area contributed by atoms with Gasteiger partial charge in [-0.1, -0.05) is 46.4 Å². The molecule has 1 rings (SSSR count). The van der Waals surface area contributed by atoms with Crippen LogP contribution in [-0.4, -0.2) is 0 Å². The Bertz CT molecular complexity index is 372. The minimum absolute atomic E-state index is 0.375. The first kappa shape index (κ1) is 13.9. The predicted molar refractivity (Wildman–Crippen MR) is 73.8 cm³/mol. The van der Waals surface area contributed by atoms with E-state index in [4.69, 9.17) is 46.4 Å². The molecule has 14 heavy (non-hydrogen) atoms. The zero-order valence-corrected chi connectivity index (χ0v) is 14.0. The molecule has 0 aliphatic heterocycles. The van der Waals surface area contributed by atoms with Gasteiger partial charge in [0.05, 0.1) is 9.50 Å². The Kier molecular flexibility index (Phi) is 4.95. The molecule has 0 nitrogen and oxygen atoms in total. The molecule has 78 valence electrons. The summed E-state index contributed by atoms with van der Waals surface area (Å²) in [6.45, 7) is 0. The highest BCUT2D eigenvalue weighted by molar-refractivity contribution is 9.14. The summed E-state index contributed by atoms with van der Waals surface area (Å²) in [5.41, 5.74) is 0.422. The summed E-state index contributed by atoms with van der Waals surface area (Å²) in [4.78, 5) is 0. The molecule has 0 saturated carbocycles. The van der Waals surface area contributed by atoms with Gasteiger partial charge in [0, 0.05) is 14.5 Å². The summed E-state index contributed by atoms with van der Waals surface area (Å²) in [6.07, 6.45) is 0. The average molecular weight is 467 g/mol. The smallest absolute Gasteiger partial charge is 0.0826 e. The number of alkyl halides is 3. The van der Waals surface area contributed by atoms with Crippen LogP contribution >= 0.6 is 94.2 Å². The van der Waals surface area contributed by atoms with E-state index in [1.165, 1.54) is 0 Å². The number of rotatable bonds is 0. The van der Waals surface area contributed by atoms with Crippen LogP contribution in [0.5, 0.6) is 0 Å². The summed E-state index contributed by atoms with van der Waals surface area (Å²) in [5.74, 6) is 0. The van der Waals surface area contributed by atoms with Crippen LogP contribution in [0.1, 0.15) is 5.56 Å². The molecule has 0 radical (unpaired) electrons. The van der Waals surface area contributed by atoms with Gasteiger partial charge in [-0.2, -0.15) is 0 Å². The molecule has 1 aromatic carbocycles. The lowest BCUT2D eigenvalue weighted by atomic mass is 10.2. The molecule has 0 atom stereocenters. The van der Waals surface area contributed by atoms with Crippen LogP contribution in [0.3, 0.4) is 0 Å². The monoisotopic (exact) mass is 462 g/mol. The highest BCUT2D eigenvalue weighted by atomic mass is 79.9. The zero-order valence-electron chi connectivity index (χ0n) is 6.22. The molecule has 0 N–H and O–H groups in total. The van der Waals surface area contributed by atoms with Crippen molar-refractivity contribution in [2.45, 2.75) is 3.79 Å². The van der Waals surface area contributed by atoms with Crippen LogP contribution in [0, 0.1) is 0 Å². The lowest BCUT2D eigenvalue weighted by Gasteiger charge is -2.15. The standard InChI is InChI=1S/C7HBr3Cl4/c8-3-1-2(7(12,13)14)6(11)5(10)4(3)9/h1H. The maximum absolute atomic E-state index is 6.00. The van der Waals surface area contributed by atoms with Crippen molar-refractivity contribution in [3.05, 3.63) is 30.1 Å². The van der Waals surface area contributed by atoms with E-state index in [1.807, 2.05) is 0 Å². The van der Waals surface area contributed by atoms with Crippen LogP contribution in [0.2, 0.25) is 5.02 Å². The lowest BCUT2D eigenvalue weighted by molar-refractivity contribution is 1.22. The second-order valence-electron chi connectivity index (χ2n) is 2.35. The molecular weight excluding hydrogens is 466 g/mol. The fraction of sp³-hybridized carbons (Fsp3) is 0.143. The predicted octanol–water partition coefficient (Wildman–Crippen LogP) is 6.45. The van der Waals surface area contributed by atoms with E-state index in [0.717, 1.165) is 8.95 Å². The Morgan fingerprint density at radius 3 is 1.93 bits per heavy atom. The van der Waals surface area contributed by atoms with E-state index in [-0.39, 0.29) is 0 Å². The molecule has 0 fully saturated rings. The summed E-state index contributed by atoms with van der Waals surface area (Å²) in [7, 11) is 0. The summed E-state index contributed by atoms with van der Waals surface area (Å²) >= 11 is 33.2. The molecule has 0 amide bonds. The first-order valence-electron chi connectivity index (χ1n) is 3.15. The number of hydrogen-bond donors (Lipinski definition) is 0. The highest BCUT2D eigenvalue weighted by Crippen LogP contribution is 2.48. The van der Waals surface area contributed by atoms with E-state index in [9.17, 15) is 0 Å². The van der Waals surface area contributed by atoms with E-state index >= 15 is 0 Å². The third-order valence-electron chi connectivity index (χ3n) is 1.41. The molecule has 0 saturated heterocycles. The average Bonchev–Trinajstić information content (AvgIpc) is 2.06. The van der Waals surface area contributed by atoms with Crippen molar-refractivity contribution in [3.8, 4) is 0 Å². The summed E-state index contributed by atoms with van der Waals surface area (Å²) in [6, 6.07) is 1.66. The minimum atomic E-state index is -1.54. The van der Waals surface area contributed by atoms with E-state index in [1.54, 1.807) is 6.07 Å². The van der Waals surface area contributed by atoms with E-state index < -0.39 is 3.79 Å². The molecule has 0 aliphatic carbocycles. The van der Waals surface area contributed by atoms with Crippen LogP contribution in [0.25, 0.3) is 0 Å². The first-order valence-corrected chi connectivity index (χ1v) is 7.04. The van der Waals surface area contributed by atoms with Crippen molar-refractivity contribution < 1.29 is 0 Å². The normalized spacial score (nSPS) is 11.9. The maximum Gasteiger partial charge on any atom is 0.217 e. The van der Waals surface area contributed by atoms with Gasteiger partial charge in [-0.05, 0) is 53.9 Å². The Morgan fingerprint density at radius 2 is 1.50 bits per heavy atom. The third kappa shape index (κ3) is 2.93. The van der Waals surface area contributed by atoms with Crippen molar-refractivity contribution >= 4 is 94.2 Å². The van der Waals surface area contributed by atoms with Crippen molar-refractivity contribution in [1.82, 2.24) is 0 Å². The molecule has 7 heteroatoms. The first-order chi connectivity index (χ1) is 6.25. The minimum Gasteiger partial charge on any atom is -0.0826 e. The van der Waals surface area contributed by atoms with E-state index in [2.05, 4.69) is 47.8 Å². The Hall–Kier alpha value is 1.82. The van der Waals surface area contributed by atoms with Crippen molar-refractivity contribution in [3.63, 3.8) is 0 Å². The van der Waals surface area contributed by atoms with Gasteiger partial charge in [-0.3, -0.25) is 0 Å². The van der Waals surface area contributed by atoms with Gasteiger partial charge in [0.1, 0.15) is 0 Å². The second-order valence-corrected chi connectivity index (χ2v) is 7.45. The molecule has 0 heterocycles. The fourth-order valence-electron chi connectivity index (χ4n) is 0.779. The van der Waals surface area contributed by atoms with Crippen LogP contribution < -0.4 is 0 Å². The topological polar surface area (TPSA) is 0 Å². The maximum atomic E-state index is 6.00. The van der Waals surface area contributed by atoms with Gasteiger partial charge in [-0.15, -0.1) is 0 Å². The van der Waals surface area contributed by atoms with Crippen molar-refractivity contribution in [2.24, 2.45) is 0 Å². The second kappa shape index (κ2) is 4.99. The van der Waals surface area contributed by atoms with Crippen molar-refractivity contribution in [1.29, 1.82) is 0 Å². The molecule has 0 spiro atoms. The molecule has 0 unspecified atom stereocenters. The summed E-state index contributed by atoms with van der Waals surface area (Å²) in [5, 5.41) is 0.375. The summed E-state index contributed by atoms with van der Waals surface area (Å²) < 4.78 is 0.647. The molecule has 0 bridgehead atoms. The Morgan fingerprint density at radius 1 is 1.00 bits per heavy atom. The van der Waals surface area contributed by atoms with Gasteiger partial charge in [-0.25, -0.2) is 0 Å². The largest absolute Gasteiger partial charge is 0.217 e. The Labute approximate surface area is 127 Å². The lowest BCUT2D eigenvalue weighted by Crippen LogP contribution is -2.02. The van der Waals surface area contributed by atoms with Gasteiger partial charge in [0.15, 0.2) is 0 Å². The van der Waals surface area contributed by atoms with Gasteiger partial charge < -0.3 is 0 Å². The molecule has 0 aliphatic rings. The number of halogens is 7. The fourth-order valence-corrected chi connectivity index (χ4v) is 3.21. The van der Waals surface area contributed by atoms with Crippen LogP contribution in [0.4, 0.5) is 0 Å². The van der Waals surface area contributed by atoms with Crippen LogP contribution in [-0.2, 0) is 3.79 Å². The number of hydrogen-bond acceptors (Lipinski definition) is 0. The molecular formula is C7HBr3Cl4. The highest BCUT2D eigenvalue weighted by Gasteiger charge is 2.28. The zero-order chi connectivity index (χ0) is 11.1.